The van der Waals surface area contributed by atoms with Gasteiger partial charge in [-0.05, 0) is 12.1 Å². The lowest BCUT2D eigenvalue weighted by Gasteiger charge is -1.91. The molecule has 0 aliphatic carbocycles. The van der Waals surface area contributed by atoms with Crippen molar-refractivity contribution in [3.05, 3.63) is 45.2 Å². The molecule has 0 bridgehead atoms. The van der Waals surface area contributed by atoms with Gasteiger partial charge in [0.05, 0.1) is 10.7 Å². The Labute approximate surface area is 78.5 Å². The van der Waals surface area contributed by atoms with Gasteiger partial charge in [0.1, 0.15) is 5.69 Å². The molecule has 76 valence electrons. The largest absolute Gasteiger partial charge is 0.478 e. The van der Waals surface area contributed by atoms with E-state index in [0.717, 1.165) is 5.69 Å². The van der Waals surface area contributed by atoms with Crippen LogP contribution in [0.1, 0.15) is 10.4 Å². The summed E-state index contributed by atoms with van der Waals surface area (Å²) < 4.78 is 0. The molecule has 0 saturated carbocycles. The van der Waals surface area contributed by atoms with Crippen molar-refractivity contribution in [2.24, 2.45) is 0 Å². The van der Waals surface area contributed by atoms with E-state index in [1.807, 2.05) is 0 Å². The Hall–Kier alpha value is -2.15. The average Bonchev–Trinajstić information content (AvgIpc) is 2.03. The lowest BCUT2D eigenvalue weighted by molar-refractivity contribution is -0.402. The van der Waals surface area contributed by atoms with Gasteiger partial charge in [-0.3, -0.25) is 0 Å². The zero-order valence-electron chi connectivity index (χ0n) is 7.04. The van der Waals surface area contributed by atoms with E-state index in [0.29, 0.717) is 0 Å². The van der Waals surface area contributed by atoms with Crippen molar-refractivity contribution in [2.45, 2.75) is 0 Å². The van der Waals surface area contributed by atoms with Crippen LogP contribution in [0.15, 0.2) is 24.3 Å². The summed E-state index contributed by atoms with van der Waals surface area (Å²) in [6, 6.07) is 6.50. The van der Waals surface area contributed by atoms with Crippen LogP contribution in [0.4, 0.5) is 5.69 Å². The Morgan fingerprint density at radius 1 is 1.43 bits per heavy atom. The van der Waals surface area contributed by atoms with Gasteiger partial charge in [0.2, 0.25) is 0 Å². The molecule has 0 aliphatic heterocycles. The summed E-state index contributed by atoms with van der Waals surface area (Å²) in [6.45, 7) is 0. The molecule has 0 amide bonds. The number of quaternary nitrogens is 1. The molecule has 0 saturated heterocycles. The molecule has 4 N–H and O–H groups in total. The first-order valence-electron chi connectivity index (χ1n) is 3.40. The topological polar surface area (TPSA) is 131 Å². The first-order valence-corrected chi connectivity index (χ1v) is 3.40. The molecular formula is C7H8N2O5. The molecule has 0 fully saturated rings. The summed E-state index contributed by atoms with van der Waals surface area (Å²) in [5.41, 5.74) is 4.61. The van der Waals surface area contributed by atoms with Crippen LogP contribution in [-0.4, -0.2) is 16.2 Å². The zero-order valence-corrected chi connectivity index (χ0v) is 7.04. The highest BCUT2D eigenvalue weighted by Crippen LogP contribution is 2.03. The third-order valence-electron chi connectivity index (χ3n) is 1.17. The van der Waals surface area contributed by atoms with Crippen molar-refractivity contribution < 1.29 is 20.7 Å². The highest BCUT2D eigenvalue weighted by molar-refractivity contribution is 5.88. The first-order chi connectivity index (χ1) is 6.43. The Morgan fingerprint density at radius 3 is 2.21 bits per heavy atom. The molecule has 1 rings (SSSR count). The molecule has 14 heavy (non-hydrogen) atoms. The van der Waals surface area contributed by atoms with Crippen molar-refractivity contribution >= 4 is 11.7 Å². The van der Waals surface area contributed by atoms with E-state index in [9.17, 15) is 4.79 Å². The molecule has 0 aliphatic rings. The maximum atomic E-state index is 10.3. The van der Waals surface area contributed by atoms with Crippen LogP contribution >= 0.6 is 0 Å². The van der Waals surface area contributed by atoms with E-state index in [2.05, 4.69) is 5.73 Å². The molecule has 7 nitrogen and oxygen atoms in total. The van der Waals surface area contributed by atoms with E-state index < -0.39 is 11.1 Å². The smallest absolute Gasteiger partial charge is 0.335 e. The molecule has 0 atom stereocenters. The number of aromatic carboxylic acids is 1. The van der Waals surface area contributed by atoms with Crippen molar-refractivity contribution in [2.75, 3.05) is 0 Å². The second-order valence-electron chi connectivity index (χ2n) is 2.23. The fourth-order valence-corrected chi connectivity index (χ4v) is 0.704. The number of carbonyl (C=O) groups is 1. The maximum absolute atomic E-state index is 10.3. The fourth-order valence-electron chi connectivity index (χ4n) is 0.704. The monoisotopic (exact) mass is 200 g/mol. The van der Waals surface area contributed by atoms with Crippen LogP contribution in [0, 0.1) is 15.3 Å². The molecule has 1 aromatic carbocycles. The van der Waals surface area contributed by atoms with Crippen LogP contribution in [0.25, 0.3) is 0 Å². The van der Waals surface area contributed by atoms with Crippen molar-refractivity contribution in [1.82, 2.24) is 0 Å². The second-order valence-corrected chi connectivity index (χ2v) is 2.23. The van der Waals surface area contributed by atoms with Gasteiger partial charge in [0, 0.05) is 6.07 Å². The van der Waals surface area contributed by atoms with Crippen molar-refractivity contribution in [3.8, 4) is 0 Å². The average molecular weight is 200 g/mol. The Morgan fingerprint density at radius 2 is 1.93 bits per heavy atom. The number of hydrogen-bond donors (Lipinski definition) is 2. The predicted octanol–water partition coefficient (Wildman–Crippen LogP) is 0.0191. The number of rotatable bonds is 1. The third-order valence-corrected chi connectivity index (χ3v) is 1.17. The summed E-state index contributed by atoms with van der Waals surface area (Å²) in [7, 11) is 0. The molecule has 0 aromatic heterocycles. The highest BCUT2D eigenvalue weighted by atomic mass is 16.9. The quantitative estimate of drug-likeness (QED) is 0.487. The number of benzene rings is 1. The molecule has 0 unspecified atom stereocenters. The number of carboxylic acids is 1. The molecule has 7 heteroatoms. The zero-order chi connectivity index (χ0) is 11.1. The van der Waals surface area contributed by atoms with Crippen LogP contribution < -0.4 is 5.73 Å². The lowest BCUT2D eigenvalue weighted by atomic mass is 10.2. The van der Waals surface area contributed by atoms with Crippen LogP contribution in [0.5, 0.6) is 0 Å². The van der Waals surface area contributed by atoms with Crippen molar-refractivity contribution in [1.29, 1.82) is 0 Å². The standard InChI is InChI=1S/C7H7NO2.NO3/c8-6-3-1-2-5(4-6)7(9)10;2-1(3)4/h1-4H,8H2,(H,9,10);/q;-1/p+1. The van der Waals surface area contributed by atoms with Gasteiger partial charge >= 0.3 is 5.97 Å². The normalized spacial score (nSPS) is 8.36. The van der Waals surface area contributed by atoms with E-state index >= 15 is 0 Å². The number of nitrogens with zero attached hydrogens (tertiary/aromatic N) is 1. The van der Waals surface area contributed by atoms with Gasteiger partial charge in [0.15, 0.2) is 0 Å². The lowest BCUT2D eigenvalue weighted by Crippen LogP contribution is -2.40. The van der Waals surface area contributed by atoms with Gasteiger partial charge in [-0.2, -0.15) is 0 Å². The molecule has 0 radical (unpaired) electrons. The van der Waals surface area contributed by atoms with E-state index in [1.165, 1.54) is 12.1 Å². The Balaban J connectivity index is 0.000000364. The van der Waals surface area contributed by atoms with Gasteiger partial charge in [-0.15, -0.1) is 0 Å². The summed E-state index contributed by atoms with van der Waals surface area (Å²) in [5, 5.41) is 23.2. The van der Waals surface area contributed by atoms with Crippen LogP contribution in [0.2, 0.25) is 0 Å². The van der Waals surface area contributed by atoms with Crippen LogP contribution in [-0.2, 0) is 0 Å². The van der Waals surface area contributed by atoms with E-state index in [-0.39, 0.29) is 5.56 Å². The highest BCUT2D eigenvalue weighted by Gasteiger charge is 2.01. The van der Waals surface area contributed by atoms with Crippen LogP contribution in [0.3, 0.4) is 0 Å². The van der Waals surface area contributed by atoms with Gasteiger partial charge in [-0.25, -0.2) is 4.79 Å². The molecule has 0 heterocycles. The summed E-state index contributed by atoms with van der Waals surface area (Å²) in [6.07, 6.45) is 0. The number of carboxylic acid groups (broad SMARTS) is 1. The SMILES string of the molecule is O=[N+]([O-])[O-].[NH3+]c1cccc(C(=O)O)c1. The Kier molecular flexibility index (Phi) is 4.65. The minimum absolute atomic E-state index is 0.285. The maximum Gasteiger partial charge on any atom is 0.335 e. The molecule has 0 spiro atoms. The minimum Gasteiger partial charge on any atom is -0.478 e. The number of hydrogen-bond acceptors (Lipinski definition) is 4. The van der Waals surface area contributed by atoms with Gasteiger partial charge in [0.25, 0.3) is 0 Å². The van der Waals surface area contributed by atoms with Crippen molar-refractivity contribution in [3.63, 3.8) is 0 Å². The predicted molar refractivity (Wildman–Crippen MR) is 46.3 cm³/mol. The third kappa shape index (κ3) is 5.49. The van der Waals surface area contributed by atoms with E-state index in [1.54, 1.807) is 12.1 Å². The molecule has 1 aromatic rings. The second kappa shape index (κ2) is 5.49. The van der Waals surface area contributed by atoms with Gasteiger partial charge in [-0.1, -0.05) is 6.07 Å². The molecular weight excluding hydrogens is 192 g/mol. The Bertz CT molecular complexity index is 335. The first kappa shape index (κ1) is 11.8. The minimum atomic E-state index is -1.75. The fraction of sp³-hybridized carbons (Fsp3) is 0. The summed E-state index contributed by atoms with van der Waals surface area (Å²) >= 11 is 0. The van der Waals surface area contributed by atoms with E-state index in [4.69, 9.17) is 20.4 Å². The van der Waals surface area contributed by atoms with Gasteiger partial charge < -0.3 is 26.2 Å². The summed E-state index contributed by atoms with van der Waals surface area (Å²) in [4.78, 5) is 18.6. The summed E-state index contributed by atoms with van der Waals surface area (Å²) in [5.74, 6) is -0.912.